The molecule has 126 valence electrons. The summed E-state index contributed by atoms with van der Waals surface area (Å²) in [4.78, 5) is 25.5. The number of nitrogens with zero attached hydrogens (tertiary/aromatic N) is 1. The number of hydrogen-bond acceptors (Lipinski definition) is 4. The van der Waals surface area contributed by atoms with Crippen LogP contribution in [0.1, 0.15) is 46.5 Å². The minimum atomic E-state index is -0.474. The van der Waals surface area contributed by atoms with Gasteiger partial charge in [0, 0.05) is 26.2 Å². The molecule has 1 aliphatic heterocycles. The van der Waals surface area contributed by atoms with Gasteiger partial charge in [-0.3, -0.25) is 4.79 Å². The highest BCUT2D eigenvalue weighted by Crippen LogP contribution is 2.26. The second-order valence-corrected chi connectivity index (χ2v) is 7.45. The Bertz CT molecular complexity index is 419. The van der Waals surface area contributed by atoms with Gasteiger partial charge in [0.25, 0.3) is 0 Å². The molecule has 1 saturated heterocycles. The standard InChI is InChI=1S/C16H29N3O3/c1-16(2,3)22-15(21)17-10-11-6-5-7-12(11)18-13-8-9-19(4)14(13)20/h11-13,18H,5-10H2,1-4H3,(H,17,21). The van der Waals surface area contributed by atoms with Crippen LogP contribution in [0, 0.1) is 5.92 Å². The molecule has 0 spiro atoms. The summed E-state index contributed by atoms with van der Waals surface area (Å²) in [6.45, 7) is 6.99. The highest BCUT2D eigenvalue weighted by Gasteiger charge is 2.35. The number of likely N-dealkylation sites (tertiary alicyclic amines) is 1. The molecule has 2 amide bonds. The van der Waals surface area contributed by atoms with E-state index in [-0.39, 0.29) is 18.0 Å². The first-order valence-electron chi connectivity index (χ1n) is 8.24. The molecule has 1 saturated carbocycles. The average Bonchev–Trinajstić information content (AvgIpc) is 2.96. The molecule has 3 unspecified atom stereocenters. The largest absolute Gasteiger partial charge is 0.444 e. The minimum Gasteiger partial charge on any atom is -0.444 e. The maximum Gasteiger partial charge on any atom is 0.407 e. The summed E-state index contributed by atoms with van der Waals surface area (Å²) in [5, 5.41) is 6.36. The molecule has 0 aromatic rings. The van der Waals surface area contributed by atoms with E-state index in [1.165, 1.54) is 0 Å². The van der Waals surface area contributed by atoms with Crippen LogP contribution in [0.5, 0.6) is 0 Å². The van der Waals surface area contributed by atoms with Crippen LogP contribution >= 0.6 is 0 Å². The summed E-state index contributed by atoms with van der Waals surface area (Å²) in [6.07, 6.45) is 3.78. The molecule has 2 fully saturated rings. The number of alkyl carbamates (subject to hydrolysis) is 1. The van der Waals surface area contributed by atoms with Crippen LogP contribution in [0.2, 0.25) is 0 Å². The third kappa shape index (κ3) is 4.60. The zero-order valence-corrected chi connectivity index (χ0v) is 14.1. The van der Waals surface area contributed by atoms with Gasteiger partial charge < -0.3 is 20.3 Å². The number of rotatable bonds is 4. The van der Waals surface area contributed by atoms with Crippen molar-refractivity contribution < 1.29 is 14.3 Å². The Kier molecular flexibility index (Phi) is 5.32. The van der Waals surface area contributed by atoms with E-state index in [2.05, 4.69) is 10.6 Å². The lowest BCUT2D eigenvalue weighted by Gasteiger charge is -2.25. The molecule has 0 aromatic heterocycles. The molecule has 2 aliphatic rings. The monoisotopic (exact) mass is 311 g/mol. The summed E-state index contributed by atoms with van der Waals surface area (Å²) in [6, 6.07) is 0.243. The van der Waals surface area contributed by atoms with E-state index in [4.69, 9.17) is 4.74 Å². The van der Waals surface area contributed by atoms with Gasteiger partial charge in [-0.25, -0.2) is 4.79 Å². The highest BCUT2D eigenvalue weighted by atomic mass is 16.6. The van der Waals surface area contributed by atoms with E-state index in [1.807, 2.05) is 27.8 Å². The van der Waals surface area contributed by atoms with E-state index in [1.54, 1.807) is 4.90 Å². The van der Waals surface area contributed by atoms with Gasteiger partial charge in [0.1, 0.15) is 5.60 Å². The second-order valence-electron chi connectivity index (χ2n) is 7.45. The summed E-state index contributed by atoms with van der Waals surface area (Å²) in [7, 11) is 1.85. The van der Waals surface area contributed by atoms with Crippen LogP contribution in [0.25, 0.3) is 0 Å². The first kappa shape index (κ1) is 17.1. The van der Waals surface area contributed by atoms with Gasteiger partial charge in [0.2, 0.25) is 5.91 Å². The van der Waals surface area contributed by atoms with Gasteiger partial charge >= 0.3 is 6.09 Å². The first-order chi connectivity index (χ1) is 10.3. The summed E-state index contributed by atoms with van der Waals surface area (Å²) in [5.74, 6) is 0.553. The van der Waals surface area contributed by atoms with Crippen molar-refractivity contribution in [3.8, 4) is 0 Å². The molecule has 0 aromatic carbocycles. The van der Waals surface area contributed by atoms with Crippen molar-refractivity contribution in [1.29, 1.82) is 0 Å². The molecule has 3 atom stereocenters. The lowest BCUT2D eigenvalue weighted by molar-refractivity contribution is -0.128. The van der Waals surface area contributed by atoms with Crippen molar-refractivity contribution >= 4 is 12.0 Å². The minimum absolute atomic E-state index is 0.0582. The molecular formula is C16H29N3O3. The van der Waals surface area contributed by atoms with Crippen LogP contribution in [-0.2, 0) is 9.53 Å². The molecule has 6 nitrogen and oxygen atoms in total. The Balaban J connectivity index is 1.79. The fourth-order valence-electron chi connectivity index (χ4n) is 3.26. The van der Waals surface area contributed by atoms with Gasteiger partial charge in [-0.1, -0.05) is 6.42 Å². The predicted molar refractivity (Wildman–Crippen MR) is 84.5 cm³/mol. The third-order valence-corrected chi connectivity index (χ3v) is 4.41. The molecule has 6 heteroatoms. The van der Waals surface area contributed by atoms with Crippen LogP contribution in [-0.4, -0.2) is 54.7 Å². The maximum absolute atomic E-state index is 12.0. The van der Waals surface area contributed by atoms with E-state index in [0.29, 0.717) is 18.5 Å². The van der Waals surface area contributed by atoms with Crippen molar-refractivity contribution in [3.05, 3.63) is 0 Å². The third-order valence-electron chi connectivity index (χ3n) is 4.41. The zero-order valence-electron chi connectivity index (χ0n) is 14.1. The molecule has 2 N–H and O–H groups in total. The molecule has 1 aliphatic carbocycles. The fourth-order valence-corrected chi connectivity index (χ4v) is 3.26. The number of likely N-dealkylation sites (N-methyl/N-ethyl adjacent to an activating group) is 1. The Morgan fingerprint density at radius 1 is 1.32 bits per heavy atom. The highest BCUT2D eigenvalue weighted by molar-refractivity contribution is 5.83. The summed E-state index contributed by atoms with van der Waals surface area (Å²) in [5.41, 5.74) is -0.474. The van der Waals surface area contributed by atoms with Gasteiger partial charge in [0.05, 0.1) is 6.04 Å². The first-order valence-corrected chi connectivity index (χ1v) is 8.24. The van der Waals surface area contributed by atoms with Crippen molar-refractivity contribution in [2.75, 3.05) is 20.1 Å². The van der Waals surface area contributed by atoms with E-state index >= 15 is 0 Å². The fraction of sp³-hybridized carbons (Fsp3) is 0.875. The van der Waals surface area contributed by atoms with Crippen LogP contribution < -0.4 is 10.6 Å². The Morgan fingerprint density at radius 2 is 2.05 bits per heavy atom. The molecule has 1 heterocycles. The summed E-state index contributed by atoms with van der Waals surface area (Å²) < 4.78 is 5.27. The molecule has 2 rings (SSSR count). The average molecular weight is 311 g/mol. The number of amides is 2. The quantitative estimate of drug-likeness (QED) is 0.825. The second kappa shape index (κ2) is 6.86. The number of nitrogens with one attached hydrogen (secondary N) is 2. The van der Waals surface area contributed by atoms with Crippen LogP contribution in [0.15, 0.2) is 0 Å². The van der Waals surface area contributed by atoms with Crippen molar-refractivity contribution in [2.45, 2.75) is 64.1 Å². The molecule has 22 heavy (non-hydrogen) atoms. The smallest absolute Gasteiger partial charge is 0.407 e. The Labute approximate surface area is 132 Å². The number of carbonyl (C=O) groups excluding carboxylic acids is 2. The van der Waals surface area contributed by atoms with Gasteiger partial charge in [-0.15, -0.1) is 0 Å². The van der Waals surface area contributed by atoms with Crippen LogP contribution in [0.4, 0.5) is 4.79 Å². The normalized spacial score (nSPS) is 29.0. The zero-order chi connectivity index (χ0) is 16.3. The number of carbonyl (C=O) groups is 2. The molecule has 0 bridgehead atoms. The topological polar surface area (TPSA) is 70.7 Å². The van der Waals surface area contributed by atoms with Gasteiger partial charge in [-0.05, 0) is 46.0 Å². The maximum atomic E-state index is 12.0. The number of ether oxygens (including phenoxy) is 1. The van der Waals surface area contributed by atoms with Crippen molar-refractivity contribution in [2.24, 2.45) is 5.92 Å². The van der Waals surface area contributed by atoms with E-state index < -0.39 is 5.60 Å². The predicted octanol–water partition coefficient (Wildman–Crippen LogP) is 1.50. The number of hydrogen-bond donors (Lipinski definition) is 2. The van der Waals surface area contributed by atoms with E-state index in [9.17, 15) is 9.59 Å². The van der Waals surface area contributed by atoms with Gasteiger partial charge in [0.15, 0.2) is 0 Å². The Hall–Kier alpha value is -1.30. The van der Waals surface area contributed by atoms with Crippen molar-refractivity contribution in [1.82, 2.24) is 15.5 Å². The van der Waals surface area contributed by atoms with Gasteiger partial charge in [-0.2, -0.15) is 0 Å². The molecular weight excluding hydrogens is 282 g/mol. The molecule has 0 radical (unpaired) electrons. The lowest BCUT2D eigenvalue weighted by Crippen LogP contribution is -2.47. The van der Waals surface area contributed by atoms with Crippen molar-refractivity contribution in [3.63, 3.8) is 0 Å². The lowest BCUT2D eigenvalue weighted by atomic mass is 10.0. The summed E-state index contributed by atoms with van der Waals surface area (Å²) >= 11 is 0. The SMILES string of the molecule is CN1CCC(NC2CCCC2CNC(=O)OC(C)(C)C)C1=O. The Morgan fingerprint density at radius 3 is 2.64 bits per heavy atom. The van der Waals surface area contributed by atoms with Crippen LogP contribution in [0.3, 0.4) is 0 Å². The van der Waals surface area contributed by atoms with E-state index in [0.717, 1.165) is 32.2 Å².